The Hall–Kier alpha value is -0.970. The van der Waals surface area contributed by atoms with Crippen LogP contribution in [0.2, 0.25) is 0 Å². The number of hydrogen-bond acceptors (Lipinski definition) is 3. The van der Waals surface area contributed by atoms with Crippen molar-refractivity contribution in [3.05, 3.63) is 35.6 Å². The lowest BCUT2D eigenvalue weighted by molar-refractivity contribution is 0.163. The molecule has 0 saturated heterocycles. The van der Waals surface area contributed by atoms with Gasteiger partial charge in [-0.1, -0.05) is 12.1 Å². The zero-order chi connectivity index (χ0) is 11.3. The molecule has 1 unspecified atom stereocenters. The summed E-state index contributed by atoms with van der Waals surface area (Å²) in [6, 6.07) is 5.76. The van der Waals surface area contributed by atoms with Gasteiger partial charge in [0.05, 0.1) is 19.3 Å². The van der Waals surface area contributed by atoms with Crippen molar-refractivity contribution in [1.29, 1.82) is 0 Å². The van der Waals surface area contributed by atoms with E-state index < -0.39 is 0 Å². The van der Waals surface area contributed by atoms with Crippen LogP contribution in [0.1, 0.15) is 18.5 Å². The van der Waals surface area contributed by atoms with Crippen molar-refractivity contribution in [3.63, 3.8) is 0 Å². The fourth-order valence-corrected chi connectivity index (χ4v) is 1.36. The molecule has 0 fully saturated rings. The van der Waals surface area contributed by atoms with E-state index in [2.05, 4.69) is 5.32 Å². The fraction of sp³-hybridized carbons (Fsp3) is 0.455. The van der Waals surface area contributed by atoms with Crippen molar-refractivity contribution in [2.24, 2.45) is 0 Å². The van der Waals surface area contributed by atoms with Crippen LogP contribution in [0.5, 0.6) is 0 Å². The van der Waals surface area contributed by atoms with Crippen molar-refractivity contribution in [1.82, 2.24) is 5.32 Å². The second-order valence-corrected chi connectivity index (χ2v) is 3.50. The first kappa shape index (κ1) is 12.1. The van der Waals surface area contributed by atoms with Gasteiger partial charge in [0.2, 0.25) is 0 Å². The molecule has 0 spiro atoms. The highest BCUT2D eigenvalue weighted by Crippen LogP contribution is 2.13. The molecular weight excluding hydrogens is 197 g/mol. The summed E-state index contributed by atoms with van der Waals surface area (Å²) in [5.74, 6) is -0.271. The summed E-state index contributed by atoms with van der Waals surface area (Å²) in [6.45, 7) is 1.65. The molecule has 0 aliphatic rings. The Labute approximate surface area is 88.6 Å². The summed E-state index contributed by atoms with van der Waals surface area (Å²) in [5, 5.41) is 20.8. The monoisotopic (exact) mass is 213 g/mol. The van der Waals surface area contributed by atoms with E-state index in [0.29, 0.717) is 0 Å². The van der Waals surface area contributed by atoms with E-state index >= 15 is 0 Å². The number of rotatable bonds is 5. The summed E-state index contributed by atoms with van der Waals surface area (Å²) < 4.78 is 12.6. The van der Waals surface area contributed by atoms with Gasteiger partial charge >= 0.3 is 0 Å². The average Bonchev–Trinajstić information content (AvgIpc) is 2.26. The van der Waals surface area contributed by atoms with Gasteiger partial charge in [0.15, 0.2) is 0 Å². The summed E-state index contributed by atoms with van der Waals surface area (Å²) >= 11 is 0. The van der Waals surface area contributed by atoms with Crippen molar-refractivity contribution in [2.45, 2.75) is 19.0 Å². The molecule has 15 heavy (non-hydrogen) atoms. The first-order chi connectivity index (χ1) is 7.17. The molecule has 3 nitrogen and oxygen atoms in total. The van der Waals surface area contributed by atoms with Crippen LogP contribution in [0.15, 0.2) is 24.3 Å². The van der Waals surface area contributed by atoms with Gasteiger partial charge in [-0.15, -0.1) is 0 Å². The molecule has 0 radical (unpaired) electrons. The van der Waals surface area contributed by atoms with E-state index in [4.69, 9.17) is 10.2 Å². The molecule has 3 N–H and O–H groups in total. The third-order valence-corrected chi connectivity index (χ3v) is 2.30. The molecule has 0 aliphatic carbocycles. The molecule has 0 bridgehead atoms. The maximum Gasteiger partial charge on any atom is 0.123 e. The van der Waals surface area contributed by atoms with Crippen molar-refractivity contribution in [3.8, 4) is 0 Å². The molecular formula is C11H16FNO2. The number of nitrogens with one attached hydrogen (secondary N) is 1. The van der Waals surface area contributed by atoms with E-state index in [9.17, 15) is 4.39 Å². The largest absolute Gasteiger partial charge is 0.395 e. The number of benzene rings is 1. The quantitative estimate of drug-likeness (QED) is 0.679. The molecule has 1 rings (SSSR count). The van der Waals surface area contributed by atoms with Crippen molar-refractivity contribution < 1.29 is 14.6 Å². The Balaban J connectivity index is 2.60. The zero-order valence-corrected chi connectivity index (χ0v) is 8.65. The standard InChI is InChI=1S/C11H16FNO2/c1-8(13-11(6-14)7-15)9-2-4-10(12)5-3-9/h2-5,8,11,13-15H,6-7H2,1H3. The highest BCUT2D eigenvalue weighted by Gasteiger charge is 2.11. The Morgan fingerprint density at radius 3 is 2.20 bits per heavy atom. The summed E-state index contributed by atoms with van der Waals surface area (Å²) in [7, 11) is 0. The molecule has 1 aromatic rings. The van der Waals surface area contributed by atoms with Gasteiger partial charge in [-0.25, -0.2) is 4.39 Å². The van der Waals surface area contributed by atoms with Gasteiger partial charge in [-0.05, 0) is 24.6 Å². The summed E-state index contributed by atoms with van der Waals surface area (Å²) in [6.07, 6.45) is 0. The van der Waals surface area contributed by atoms with Gasteiger partial charge in [-0.3, -0.25) is 0 Å². The van der Waals surface area contributed by atoms with Crippen LogP contribution < -0.4 is 5.32 Å². The minimum atomic E-state index is -0.343. The Kier molecular flexibility index (Phi) is 4.68. The highest BCUT2D eigenvalue weighted by atomic mass is 19.1. The Morgan fingerprint density at radius 1 is 1.20 bits per heavy atom. The number of halogens is 1. The van der Waals surface area contributed by atoms with Crippen molar-refractivity contribution >= 4 is 0 Å². The van der Waals surface area contributed by atoms with E-state index in [-0.39, 0.29) is 31.1 Å². The fourth-order valence-electron chi connectivity index (χ4n) is 1.36. The van der Waals surface area contributed by atoms with Crippen LogP contribution in [-0.4, -0.2) is 29.5 Å². The maximum absolute atomic E-state index is 12.6. The van der Waals surface area contributed by atoms with E-state index in [0.717, 1.165) is 5.56 Å². The first-order valence-corrected chi connectivity index (χ1v) is 4.90. The second kappa shape index (κ2) is 5.80. The normalized spacial score (nSPS) is 13.1. The first-order valence-electron chi connectivity index (χ1n) is 4.90. The molecule has 0 aliphatic heterocycles. The second-order valence-electron chi connectivity index (χ2n) is 3.50. The molecule has 0 aromatic heterocycles. The Bertz CT molecular complexity index is 285. The topological polar surface area (TPSA) is 52.5 Å². The zero-order valence-electron chi connectivity index (χ0n) is 8.65. The van der Waals surface area contributed by atoms with Crippen LogP contribution in [0, 0.1) is 5.82 Å². The van der Waals surface area contributed by atoms with Gasteiger partial charge < -0.3 is 15.5 Å². The number of aliphatic hydroxyl groups is 2. The summed E-state index contributed by atoms with van der Waals surface area (Å²) in [5.41, 5.74) is 0.920. The summed E-state index contributed by atoms with van der Waals surface area (Å²) in [4.78, 5) is 0. The van der Waals surface area contributed by atoms with Crippen LogP contribution in [0.4, 0.5) is 4.39 Å². The van der Waals surface area contributed by atoms with E-state index in [1.54, 1.807) is 12.1 Å². The number of aliphatic hydroxyl groups excluding tert-OH is 2. The molecule has 1 aromatic carbocycles. The van der Waals surface area contributed by atoms with Crippen molar-refractivity contribution in [2.75, 3.05) is 13.2 Å². The molecule has 0 heterocycles. The van der Waals surface area contributed by atoms with Gasteiger partial charge in [0.1, 0.15) is 5.82 Å². The minimum absolute atomic E-state index is 0.0325. The molecule has 0 amide bonds. The van der Waals surface area contributed by atoms with E-state index in [1.807, 2.05) is 6.92 Å². The molecule has 4 heteroatoms. The van der Waals surface area contributed by atoms with Gasteiger partial charge in [-0.2, -0.15) is 0 Å². The average molecular weight is 213 g/mol. The predicted molar refractivity (Wildman–Crippen MR) is 55.9 cm³/mol. The van der Waals surface area contributed by atoms with Crippen LogP contribution in [0.25, 0.3) is 0 Å². The van der Waals surface area contributed by atoms with Gasteiger partial charge in [0.25, 0.3) is 0 Å². The molecule has 84 valence electrons. The number of hydrogen-bond donors (Lipinski definition) is 3. The van der Waals surface area contributed by atoms with Crippen LogP contribution >= 0.6 is 0 Å². The minimum Gasteiger partial charge on any atom is -0.395 e. The lowest BCUT2D eigenvalue weighted by Gasteiger charge is -2.20. The SMILES string of the molecule is CC(NC(CO)CO)c1ccc(F)cc1. The molecule has 1 atom stereocenters. The highest BCUT2D eigenvalue weighted by molar-refractivity contribution is 5.19. The lowest BCUT2D eigenvalue weighted by atomic mass is 10.1. The smallest absolute Gasteiger partial charge is 0.123 e. The Morgan fingerprint density at radius 2 is 1.73 bits per heavy atom. The lowest BCUT2D eigenvalue weighted by Crippen LogP contribution is -2.37. The van der Waals surface area contributed by atoms with Crippen LogP contribution in [-0.2, 0) is 0 Å². The van der Waals surface area contributed by atoms with Gasteiger partial charge in [0, 0.05) is 6.04 Å². The predicted octanol–water partition coefficient (Wildman–Crippen LogP) is 0.830. The third-order valence-electron chi connectivity index (χ3n) is 2.30. The molecule has 0 saturated carbocycles. The van der Waals surface area contributed by atoms with E-state index in [1.165, 1.54) is 12.1 Å². The third kappa shape index (κ3) is 3.58. The maximum atomic E-state index is 12.6. The van der Waals surface area contributed by atoms with Crippen LogP contribution in [0.3, 0.4) is 0 Å².